The molecular weight excluding hydrogens is 214 g/mol. The Kier molecular flexibility index (Phi) is 2.84. The van der Waals surface area contributed by atoms with Crippen molar-refractivity contribution in [3.63, 3.8) is 0 Å². The summed E-state index contributed by atoms with van der Waals surface area (Å²) in [6.07, 6.45) is 0. The molecule has 0 aliphatic rings. The highest BCUT2D eigenvalue weighted by Crippen LogP contribution is 2.02. The van der Waals surface area contributed by atoms with E-state index in [1.165, 1.54) is 0 Å². The van der Waals surface area contributed by atoms with E-state index in [9.17, 15) is 9.59 Å². The van der Waals surface area contributed by atoms with Gasteiger partial charge in [0.1, 0.15) is 17.9 Å². The number of nitrogens with one attached hydrogen (secondary N) is 3. The Morgan fingerprint density at radius 1 is 1.25 bits per heavy atom. The predicted octanol–water partition coefficient (Wildman–Crippen LogP) is -1.59. The van der Waals surface area contributed by atoms with Gasteiger partial charge in [-0.25, -0.2) is 9.78 Å². The molecule has 16 heavy (non-hydrogen) atoms. The van der Waals surface area contributed by atoms with Crippen molar-refractivity contribution in [2.75, 3.05) is 13.2 Å². The van der Waals surface area contributed by atoms with Crippen LogP contribution >= 0.6 is 0 Å². The molecular formula is C8H11N5O3. The molecule has 2 heterocycles. The highest BCUT2D eigenvalue weighted by atomic mass is 16.5. The van der Waals surface area contributed by atoms with Gasteiger partial charge in [0.2, 0.25) is 0 Å². The van der Waals surface area contributed by atoms with Gasteiger partial charge in [0, 0.05) is 6.54 Å². The summed E-state index contributed by atoms with van der Waals surface area (Å²) in [5.41, 5.74) is 4.62. The van der Waals surface area contributed by atoms with Crippen molar-refractivity contribution in [1.82, 2.24) is 19.9 Å². The Bertz CT molecular complexity index is 595. The Hall–Kier alpha value is -1.93. The predicted molar refractivity (Wildman–Crippen MR) is 56.0 cm³/mol. The van der Waals surface area contributed by atoms with Crippen molar-refractivity contribution >= 4 is 11.2 Å². The lowest BCUT2D eigenvalue weighted by molar-refractivity contribution is 0.123. The normalized spacial score (nSPS) is 11.1. The number of rotatable bonds is 4. The van der Waals surface area contributed by atoms with Crippen molar-refractivity contribution in [1.29, 1.82) is 0 Å². The fourth-order valence-corrected chi connectivity index (χ4v) is 1.30. The van der Waals surface area contributed by atoms with E-state index in [2.05, 4.69) is 19.9 Å². The van der Waals surface area contributed by atoms with Crippen LogP contribution in [0.25, 0.3) is 11.2 Å². The summed E-state index contributed by atoms with van der Waals surface area (Å²) >= 11 is 0. The first-order chi connectivity index (χ1) is 7.70. The lowest BCUT2D eigenvalue weighted by Gasteiger charge is -1.97. The zero-order chi connectivity index (χ0) is 11.5. The lowest BCUT2D eigenvalue weighted by Crippen LogP contribution is -2.21. The van der Waals surface area contributed by atoms with Crippen LogP contribution in [-0.4, -0.2) is 33.1 Å². The van der Waals surface area contributed by atoms with Crippen molar-refractivity contribution in [2.24, 2.45) is 5.73 Å². The van der Waals surface area contributed by atoms with Crippen LogP contribution in [0.3, 0.4) is 0 Å². The SMILES string of the molecule is NCCOCc1nc2[nH]c(=O)[nH]c(=O)c2[nH]1. The van der Waals surface area contributed by atoms with Gasteiger partial charge in [-0.1, -0.05) is 0 Å². The second kappa shape index (κ2) is 4.29. The van der Waals surface area contributed by atoms with Gasteiger partial charge in [-0.15, -0.1) is 0 Å². The van der Waals surface area contributed by atoms with Crippen molar-refractivity contribution in [3.8, 4) is 0 Å². The van der Waals surface area contributed by atoms with E-state index in [1.807, 2.05) is 0 Å². The van der Waals surface area contributed by atoms with E-state index in [0.717, 1.165) is 0 Å². The van der Waals surface area contributed by atoms with Gasteiger partial charge in [-0.3, -0.25) is 14.8 Å². The van der Waals surface area contributed by atoms with Crippen LogP contribution < -0.4 is 17.0 Å². The molecule has 0 unspecified atom stereocenters. The Morgan fingerprint density at radius 3 is 2.81 bits per heavy atom. The number of aromatic nitrogens is 4. The van der Waals surface area contributed by atoms with Crippen molar-refractivity contribution in [3.05, 3.63) is 26.7 Å². The molecule has 8 nitrogen and oxygen atoms in total. The molecule has 0 radical (unpaired) electrons. The molecule has 0 aromatic carbocycles. The van der Waals surface area contributed by atoms with E-state index in [-0.39, 0.29) is 17.8 Å². The van der Waals surface area contributed by atoms with Gasteiger partial charge in [-0.05, 0) is 0 Å². The second-order valence-electron chi connectivity index (χ2n) is 3.16. The number of nitrogens with two attached hydrogens (primary N) is 1. The highest BCUT2D eigenvalue weighted by molar-refractivity contribution is 5.68. The van der Waals surface area contributed by atoms with Crippen LogP contribution in [0.15, 0.2) is 9.59 Å². The summed E-state index contributed by atoms with van der Waals surface area (Å²) in [6.45, 7) is 1.04. The van der Waals surface area contributed by atoms with Gasteiger partial charge in [0.25, 0.3) is 5.56 Å². The third kappa shape index (κ3) is 2.02. The first kappa shape index (κ1) is 10.6. The first-order valence-electron chi connectivity index (χ1n) is 4.69. The average molecular weight is 225 g/mol. The number of hydrogen-bond acceptors (Lipinski definition) is 5. The number of nitrogens with zero attached hydrogens (tertiary/aromatic N) is 1. The molecule has 2 aromatic rings. The minimum Gasteiger partial charge on any atom is -0.372 e. The third-order valence-corrected chi connectivity index (χ3v) is 1.94. The van der Waals surface area contributed by atoms with Gasteiger partial charge in [-0.2, -0.15) is 0 Å². The molecule has 2 aromatic heterocycles. The van der Waals surface area contributed by atoms with E-state index < -0.39 is 11.2 Å². The van der Waals surface area contributed by atoms with Crippen molar-refractivity contribution in [2.45, 2.75) is 6.61 Å². The van der Waals surface area contributed by atoms with Crippen LogP contribution in [0.1, 0.15) is 5.82 Å². The summed E-state index contributed by atoms with van der Waals surface area (Å²) in [6, 6.07) is 0. The van der Waals surface area contributed by atoms with Crippen molar-refractivity contribution < 1.29 is 4.74 Å². The van der Waals surface area contributed by atoms with Crippen LogP contribution in [0.5, 0.6) is 0 Å². The zero-order valence-electron chi connectivity index (χ0n) is 8.37. The minimum absolute atomic E-state index is 0.216. The summed E-state index contributed by atoms with van der Waals surface area (Å²) in [5.74, 6) is 0.468. The standard InChI is InChI=1S/C8H11N5O3/c9-1-2-16-3-4-10-5-6(11-4)12-8(15)13-7(5)14/h1-3,9H2,(H3,10,11,12,13,14,15). The van der Waals surface area contributed by atoms with Gasteiger partial charge < -0.3 is 15.5 Å². The number of H-pyrrole nitrogens is 3. The molecule has 2 rings (SSSR count). The number of aromatic amines is 3. The smallest absolute Gasteiger partial charge is 0.327 e. The summed E-state index contributed by atoms with van der Waals surface area (Å²) < 4.78 is 5.15. The molecule has 0 spiro atoms. The number of fused-ring (bicyclic) bond motifs is 1. The maximum atomic E-state index is 11.3. The molecule has 0 fully saturated rings. The molecule has 0 saturated heterocycles. The Labute approximate surface area is 88.9 Å². The number of hydrogen-bond donors (Lipinski definition) is 4. The summed E-state index contributed by atoms with van der Waals surface area (Å²) in [4.78, 5) is 33.6. The molecule has 0 bridgehead atoms. The maximum Gasteiger partial charge on any atom is 0.327 e. The molecule has 8 heteroatoms. The van der Waals surface area contributed by atoms with E-state index in [0.29, 0.717) is 19.0 Å². The summed E-state index contributed by atoms with van der Waals surface area (Å²) in [7, 11) is 0. The van der Waals surface area contributed by atoms with E-state index >= 15 is 0 Å². The van der Waals surface area contributed by atoms with Crippen LogP contribution in [-0.2, 0) is 11.3 Å². The molecule has 0 aliphatic heterocycles. The number of imidazole rings is 1. The third-order valence-electron chi connectivity index (χ3n) is 1.94. The second-order valence-corrected chi connectivity index (χ2v) is 3.16. The average Bonchev–Trinajstić information content (AvgIpc) is 2.61. The topological polar surface area (TPSA) is 130 Å². The monoisotopic (exact) mass is 225 g/mol. The largest absolute Gasteiger partial charge is 0.372 e. The molecule has 0 amide bonds. The quantitative estimate of drug-likeness (QED) is 0.466. The van der Waals surface area contributed by atoms with Gasteiger partial charge >= 0.3 is 5.69 Å². The Morgan fingerprint density at radius 2 is 2.06 bits per heavy atom. The fraction of sp³-hybridized carbons (Fsp3) is 0.375. The first-order valence-corrected chi connectivity index (χ1v) is 4.69. The highest BCUT2D eigenvalue weighted by Gasteiger charge is 2.07. The van der Waals surface area contributed by atoms with Crippen LogP contribution in [0, 0.1) is 0 Å². The number of ether oxygens (including phenoxy) is 1. The Balaban J connectivity index is 2.33. The van der Waals surface area contributed by atoms with E-state index in [1.54, 1.807) is 0 Å². The minimum atomic E-state index is -0.585. The molecule has 0 saturated carbocycles. The summed E-state index contributed by atoms with van der Waals surface area (Å²) in [5, 5.41) is 0. The fourth-order valence-electron chi connectivity index (χ4n) is 1.30. The van der Waals surface area contributed by atoms with E-state index in [4.69, 9.17) is 10.5 Å². The van der Waals surface area contributed by atoms with Gasteiger partial charge in [0.15, 0.2) is 5.65 Å². The maximum absolute atomic E-state index is 11.3. The van der Waals surface area contributed by atoms with Crippen LogP contribution in [0.4, 0.5) is 0 Å². The van der Waals surface area contributed by atoms with Gasteiger partial charge in [0.05, 0.1) is 6.61 Å². The lowest BCUT2D eigenvalue weighted by atomic mass is 10.5. The molecule has 0 aliphatic carbocycles. The van der Waals surface area contributed by atoms with Crippen LogP contribution in [0.2, 0.25) is 0 Å². The zero-order valence-corrected chi connectivity index (χ0v) is 8.37. The molecule has 0 atom stereocenters. The molecule has 86 valence electrons. The molecule has 5 N–H and O–H groups in total.